The van der Waals surface area contributed by atoms with Crippen molar-refractivity contribution in [2.75, 3.05) is 5.32 Å². The van der Waals surface area contributed by atoms with E-state index in [-0.39, 0.29) is 18.1 Å². The molecule has 7 heteroatoms. The van der Waals surface area contributed by atoms with E-state index in [0.717, 1.165) is 22.5 Å². The first-order chi connectivity index (χ1) is 15.5. The number of aryl methyl sites for hydroxylation is 1. The molecule has 4 rings (SSSR count). The number of benzene rings is 2. The molecule has 0 radical (unpaired) electrons. The summed E-state index contributed by atoms with van der Waals surface area (Å²) in [5, 5.41) is 7.64. The maximum Gasteiger partial charge on any atom is 0.228 e. The zero-order valence-electron chi connectivity index (χ0n) is 17.5. The number of ketones is 1. The van der Waals surface area contributed by atoms with Crippen molar-refractivity contribution in [1.82, 2.24) is 14.8 Å². The minimum atomic E-state index is -0.186. The van der Waals surface area contributed by atoms with Crippen molar-refractivity contribution in [3.05, 3.63) is 107 Å². The molecular weight excluding hydrogens is 424 g/mol. The number of carbonyl (C=O) groups excluding carboxylic acids is 2. The number of hydrogen-bond donors (Lipinski definition) is 1. The lowest BCUT2D eigenvalue weighted by Crippen LogP contribution is -2.14. The summed E-state index contributed by atoms with van der Waals surface area (Å²) in [4.78, 5) is 29.3. The van der Waals surface area contributed by atoms with Crippen LogP contribution in [0.1, 0.15) is 27.2 Å². The van der Waals surface area contributed by atoms with Gasteiger partial charge >= 0.3 is 0 Å². The lowest BCUT2D eigenvalue weighted by molar-refractivity contribution is -0.115. The first-order valence-electron chi connectivity index (χ1n) is 10.1. The van der Waals surface area contributed by atoms with Crippen LogP contribution in [0.5, 0.6) is 0 Å². The molecule has 32 heavy (non-hydrogen) atoms. The Morgan fingerprint density at radius 1 is 1.00 bits per heavy atom. The average molecular weight is 445 g/mol. The minimum Gasteiger partial charge on any atom is -0.324 e. The van der Waals surface area contributed by atoms with E-state index in [0.29, 0.717) is 22.7 Å². The van der Waals surface area contributed by atoms with Crippen molar-refractivity contribution in [2.24, 2.45) is 0 Å². The van der Waals surface area contributed by atoms with E-state index in [2.05, 4.69) is 15.4 Å². The van der Waals surface area contributed by atoms with Crippen molar-refractivity contribution >= 4 is 29.0 Å². The fourth-order valence-electron chi connectivity index (χ4n) is 3.36. The SMILES string of the molecule is Cc1cc(CC(=O)c2cccc(-n3cc(CC(=O)Nc4ccccc4Cl)cn3)c2)ccn1. The van der Waals surface area contributed by atoms with E-state index in [1.807, 2.05) is 37.3 Å². The van der Waals surface area contributed by atoms with E-state index < -0.39 is 0 Å². The Labute approximate surface area is 190 Å². The fraction of sp³-hybridized carbons (Fsp3) is 0.120. The summed E-state index contributed by atoms with van der Waals surface area (Å²) in [5.41, 5.74) is 4.48. The molecule has 6 nitrogen and oxygen atoms in total. The third-order valence-corrected chi connectivity index (χ3v) is 5.24. The third-order valence-electron chi connectivity index (χ3n) is 4.91. The number of nitrogens with zero attached hydrogens (tertiary/aromatic N) is 3. The van der Waals surface area contributed by atoms with Crippen molar-refractivity contribution in [3.8, 4) is 5.69 Å². The molecule has 1 amide bonds. The first kappa shape index (κ1) is 21.5. The van der Waals surface area contributed by atoms with Gasteiger partial charge in [-0.2, -0.15) is 5.10 Å². The number of aromatic nitrogens is 3. The summed E-state index contributed by atoms with van der Waals surface area (Å²) in [6.45, 7) is 1.90. The molecule has 0 spiro atoms. The highest BCUT2D eigenvalue weighted by atomic mass is 35.5. The maximum atomic E-state index is 12.7. The van der Waals surface area contributed by atoms with Gasteiger partial charge in [0.05, 0.1) is 29.0 Å². The number of Topliss-reactive ketones (excluding diaryl/α,β-unsaturated/α-hetero) is 1. The van der Waals surface area contributed by atoms with Crippen LogP contribution in [0.3, 0.4) is 0 Å². The van der Waals surface area contributed by atoms with Crippen molar-refractivity contribution < 1.29 is 9.59 Å². The van der Waals surface area contributed by atoms with Gasteiger partial charge in [0.15, 0.2) is 5.78 Å². The maximum absolute atomic E-state index is 12.7. The standard InChI is InChI=1S/C25H21ClN4O2/c1-17-11-18(9-10-27-17)12-24(31)20-5-4-6-21(14-20)30-16-19(15-28-30)13-25(32)29-23-8-3-2-7-22(23)26/h2-11,14-16H,12-13H2,1H3,(H,29,32). The topological polar surface area (TPSA) is 76.9 Å². The van der Waals surface area contributed by atoms with Crippen LogP contribution in [-0.2, 0) is 17.6 Å². The predicted octanol–water partition coefficient (Wildman–Crippen LogP) is 4.84. The largest absolute Gasteiger partial charge is 0.324 e. The van der Waals surface area contributed by atoms with E-state index in [4.69, 9.17) is 11.6 Å². The highest BCUT2D eigenvalue weighted by molar-refractivity contribution is 6.33. The van der Waals surface area contributed by atoms with Gasteiger partial charge in [-0.25, -0.2) is 4.68 Å². The monoisotopic (exact) mass is 444 g/mol. The number of anilines is 1. The highest BCUT2D eigenvalue weighted by Gasteiger charge is 2.11. The third kappa shape index (κ3) is 5.28. The van der Waals surface area contributed by atoms with Gasteiger partial charge in [-0.15, -0.1) is 0 Å². The molecule has 0 fully saturated rings. The van der Waals surface area contributed by atoms with Gasteiger partial charge in [-0.05, 0) is 54.4 Å². The van der Waals surface area contributed by atoms with Crippen molar-refractivity contribution in [3.63, 3.8) is 0 Å². The number of rotatable bonds is 7. The second kappa shape index (κ2) is 9.58. The van der Waals surface area contributed by atoms with Crippen LogP contribution in [0.15, 0.2) is 79.3 Å². The molecule has 2 heterocycles. The molecule has 0 saturated carbocycles. The highest BCUT2D eigenvalue weighted by Crippen LogP contribution is 2.21. The van der Waals surface area contributed by atoms with Crippen LogP contribution in [0.4, 0.5) is 5.69 Å². The van der Waals surface area contributed by atoms with Gasteiger partial charge in [-0.1, -0.05) is 35.9 Å². The number of amides is 1. The molecule has 0 saturated heterocycles. The van der Waals surface area contributed by atoms with Crippen LogP contribution in [0, 0.1) is 6.92 Å². The average Bonchev–Trinajstić information content (AvgIpc) is 3.24. The normalized spacial score (nSPS) is 10.7. The zero-order chi connectivity index (χ0) is 22.5. The number of carbonyl (C=O) groups is 2. The molecule has 0 atom stereocenters. The quantitative estimate of drug-likeness (QED) is 0.414. The molecule has 0 aliphatic rings. The summed E-state index contributed by atoms with van der Waals surface area (Å²) in [5.74, 6) is -0.168. The van der Waals surface area contributed by atoms with Crippen molar-refractivity contribution in [1.29, 1.82) is 0 Å². The van der Waals surface area contributed by atoms with E-state index in [1.165, 1.54) is 0 Å². The number of pyridine rings is 1. The van der Waals surface area contributed by atoms with Crippen LogP contribution in [0.25, 0.3) is 5.69 Å². The van der Waals surface area contributed by atoms with Crippen LogP contribution < -0.4 is 5.32 Å². The Morgan fingerprint density at radius 3 is 2.66 bits per heavy atom. The molecule has 1 N–H and O–H groups in total. The molecule has 2 aromatic heterocycles. The lowest BCUT2D eigenvalue weighted by atomic mass is 10.0. The molecular formula is C25H21ClN4O2. The molecule has 0 aliphatic carbocycles. The van der Waals surface area contributed by atoms with Crippen LogP contribution in [0.2, 0.25) is 5.02 Å². The molecule has 0 unspecified atom stereocenters. The van der Waals surface area contributed by atoms with E-state index in [9.17, 15) is 9.59 Å². The number of nitrogens with one attached hydrogen (secondary N) is 1. The first-order valence-corrected chi connectivity index (χ1v) is 10.5. The van der Waals surface area contributed by atoms with Gasteiger partial charge in [0.2, 0.25) is 5.91 Å². The summed E-state index contributed by atoms with van der Waals surface area (Å²) in [7, 11) is 0. The predicted molar refractivity (Wildman–Crippen MR) is 124 cm³/mol. The summed E-state index contributed by atoms with van der Waals surface area (Å²) >= 11 is 6.09. The number of para-hydroxylation sites is 1. The Morgan fingerprint density at radius 2 is 1.84 bits per heavy atom. The Kier molecular flexibility index (Phi) is 6.42. The second-order valence-corrected chi connectivity index (χ2v) is 7.86. The van der Waals surface area contributed by atoms with Gasteiger partial charge < -0.3 is 5.32 Å². The lowest BCUT2D eigenvalue weighted by Gasteiger charge is -2.06. The zero-order valence-corrected chi connectivity index (χ0v) is 18.2. The minimum absolute atomic E-state index is 0.0175. The van der Waals surface area contributed by atoms with E-state index >= 15 is 0 Å². The second-order valence-electron chi connectivity index (χ2n) is 7.45. The van der Waals surface area contributed by atoms with E-state index in [1.54, 1.807) is 53.6 Å². The van der Waals surface area contributed by atoms with Gasteiger partial charge in [0.25, 0.3) is 0 Å². The van der Waals surface area contributed by atoms with Gasteiger partial charge in [0, 0.05) is 30.1 Å². The number of hydrogen-bond acceptors (Lipinski definition) is 4. The summed E-state index contributed by atoms with van der Waals surface area (Å²) in [6.07, 6.45) is 5.59. The summed E-state index contributed by atoms with van der Waals surface area (Å²) < 4.78 is 1.66. The summed E-state index contributed by atoms with van der Waals surface area (Å²) in [6, 6.07) is 18.1. The Hall–Kier alpha value is -3.77. The molecule has 4 aromatic rings. The van der Waals surface area contributed by atoms with Crippen molar-refractivity contribution in [2.45, 2.75) is 19.8 Å². The molecule has 2 aromatic carbocycles. The molecule has 160 valence electrons. The molecule has 0 aliphatic heterocycles. The fourth-order valence-corrected chi connectivity index (χ4v) is 3.54. The number of halogens is 1. The molecule has 0 bridgehead atoms. The van der Waals surface area contributed by atoms with Gasteiger partial charge in [-0.3, -0.25) is 14.6 Å². The van der Waals surface area contributed by atoms with Crippen LogP contribution >= 0.6 is 11.6 Å². The smallest absolute Gasteiger partial charge is 0.228 e. The van der Waals surface area contributed by atoms with Crippen LogP contribution in [-0.4, -0.2) is 26.5 Å². The Balaban J connectivity index is 1.44. The Bertz CT molecular complexity index is 1280. The van der Waals surface area contributed by atoms with Gasteiger partial charge in [0.1, 0.15) is 0 Å².